The Kier molecular flexibility index (Phi) is 3.39. The lowest BCUT2D eigenvalue weighted by molar-refractivity contribution is -0.163. The molecule has 0 atom stereocenters. The van der Waals surface area contributed by atoms with Gasteiger partial charge in [-0.3, -0.25) is 9.78 Å². The van der Waals surface area contributed by atoms with Crippen molar-refractivity contribution in [2.24, 2.45) is 5.92 Å². The molecule has 1 aromatic heterocycles. The summed E-state index contributed by atoms with van der Waals surface area (Å²) < 4.78 is 0. The number of carbonyl (C=O) groups is 1. The molecule has 1 aliphatic rings. The Morgan fingerprint density at radius 1 is 1.56 bits per heavy atom. The van der Waals surface area contributed by atoms with Crippen LogP contribution in [0.3, 0.4) is 0 Å². The quantitative estimate of drug-likeness (QED) is 0.873. The average molecular weight is 248 g/mol. The Morgan fingerprint density at radius 2 is 2.22 bits per heavy atom. The molecule has 1 aromatic rings. The van der Waals surface area contributed by atoms with Gasteiger partial charge < -0.3 is 10.0 Å². The first-order chi connectivity index (χ1) is 8.42. The molecule has 2 rings (SSSR count). The van der Waals surface area contributed by atoms with E-state index < -0.39 is 5.60 Å². The van der Waals surface area contributed by atoms with E-state index in [1.165, 1.54) is 0 Å². The van der Waals surface area contributed by atoms with E-state index >= 15 is 0 Å². The van der Waals surface area contributed by atoms with Crippen molar-refractivity contribution >= 4 is 5.91 Å². The SMILES string of the molecule is Cc1cccnc1CC(=O)N1CC(O)(C(C)C)C1. The highest BCUT2D eigenvalue weighted by atomic mass is 16.3. The van der Waals surface area contributed by atoms with Crippen molar-refractivity contribution in [3.8, 4) is 0 Å². The van der Waals surface area contributed by atoms with Crippen molar-refractivity contribution in [2.45, 2.75) is 32.8 Å². The van der Waals surface area contributed by atoms with Crippen molar-refractivity contribution in [1.29, 1.82) is 0 Å². The third kappa shape index (κ3) is 2.38. The van der Waals surface area contributed by atoms with Crippen LogP contribution in [0.1, 0.15) is 25.1 Å². The minimum absolute atomic E-state index is 0.0436. The molecule has 98 valence electrons. The molecule has 0 spiro atoms. The maximum Gasteiger partial charge on any atom is 0.228 e. The minimum atomic E-state index is -0.700. The lowest BCUT2D eigenvalue weighted by Crippen LogP contribution is -2.66. The predicted octanol–water partition coefficient (Wildman–Crippen LogP) is 1.16. The molecule has 0 aliphatic carbocycles. The minimum Gasteiger partial charge on any atom is -0.386 e. The summed E-state index contributed by atoms with van der Waals surface area (Å²) >= 11 is 0. The number of aromatic nitrogens is 1. The van der Waals surface area contributed by atoms with Gasteiger partial charge in [-0.05, 0) is 24.5 Å². The number of β-amino-alcohol motifs (C(OH)–C–C–N with tert-alkyl or cyclic N) is 1. The lowest BCUT2D eigenvalue weighted by atomic mass is 9.83. The summed E-state index contributed by atoms with van der Waals surface area (Å²) in [5, 5.41) is 10.1. The van der Waals surface area contributed by atoms with Crippen LogP contribution in [0, 0.1) is 12.8 Å². The molecule has 0 aromatic carbocycles. The van der Waals surface area contributed by atoms with Gasteiger partial charge in [0.1, 0.15) is 5.60 Å². The van der Waals surface area contributed by atoms with Crippen LogP contribution in [-0.4, -0.2) is 39.6 Å². The molecular formula is C14H20N2O2. The first-order valence-corrected chi connectivity index (χ1v) is 6.33. The highest BCUT2D eigenvalue weighted by Gasteiger charge is 2.45. The Labute approximate surface area is 108 Å². The van der Waals surface area contributed by atoms with E-state index in [9.17, 15) is 9.90 Å². The predicted molar refractivity (Wildman–Crippen MR) is 69.0 cm³/mol. The zero-order valence-corrected chi connectivity index (χ0v) is 11.2. The second kappa shape index (κ2) is 4.69. The Balaban J connectivity index is 1.94. The van der Waals surface area contributed by atoms with Crippen molar-refractivity contribution in [3.05, 3.63) is 29.6 Å². The molecule has 2 heterocycles. The number of carbonyl (C=O) groups excluding carboxylic acids is 1. The maximum atomic E-state index is 12.0. The smallest absolute Gasteiger partial charge is 0.228 e. The number of amides is 1. The highest BCUT2D eigenvalue weighted by Crippen LogP contribution is 2.28. The summed E-state index contributed by atoms with van der Waals surface area (Å²) in [7, 11) is 0. The molecule has 0 bridgehead atoms. The summed E-state index contributed by atoms with van der Waals surface area (Å²) in [5.74, 6) is 0.222. The van der Waals surface area contributed by atoms with Gasteiger partial charge in [-0.1, -0.05) is 19.9 Å². The summed E-state index contributed by atoms with van der Waals surface area (Å²) in [5.41, 5.74) is 1.16. The van der Waals surface area contributed by atoms with Crippen LogP contribution < -0.4 is 0 Å². The number of pyridine rings is 1. The summed E-state index contributed by atoms with van der Waals surface area (Å²) in [4.78, 5) is 18.0. The first kappa shape index (κ1) is 13.0. The number of aliphatic hydroxyl groups is 1. The van der Waals surface area contributed by atoms with Gasteiger partial charge in [-0.2, -0.15) is 0 Å². The molecule has 0 saturated carbocycles. The van der Waals surface area contributed by atoms with Crippen LogP contribution in [0.4, 0.5) is 0 Å². The molecule has 1 N–H and O–H groups in total. The van der Waals surface area contributed by atoms with Crippen molar-refractivity contribution in [3.63, 3.8) is 0 Å². The van der Waals surface area contributed by atoms with Gasteiger partial charge in [0.2, 0.25) is 5.91 Å². The third-order valence-electron chi connectivity index (χ3n) is 3.79. The van der Waals surface area contributed by atoms with Crippen molar-refractivity contribution in [2.75, 3.05) is 13.1 Å². The highest BCUT2D eigenvalue weighted by molar-refractivity contribution is 5.79. The first-order valence-electron chi connectivity index (χ1n) is 6.33. The maximum absolute atomic E-state index is 12.0. The number of hydrogen-bond acceptors (Lipinski definition) is 3. The van der Waals surface area contributed by atoms with Crippen LogP contribution in [0.5, 0.6) is 0 Å². The Hall–Kier alpha value is -1.42. The Morgan fingerprint density at radius 3 is 2.78 bits per heavy atom. The average Bonchev–Trinajstić information content (AvgIpc) is 2.27. The topological polar surface area (TPSA) is 53.4 Å². The van der Waals surface area contributed by atoms with E-state index in [2.05, 4.69) is 4.98 Å². The van der Waals surface area contributed by atoms with Crippen LogP contribution in [0.25, 0.3) is 0 Å². The summed E-state index contributed by atoms with van der Waals surface area (Å²) in [6.45, 7) is 6.79. The molecule has 4 nitrogen and oxygen atoms in total. The third-order valence-corrected chi connectivity index (χ3v) is 3.79. The summed E-state index contributed by atoms with van der Waals surface area (Å²) in [6.07, 6.45) is 2.02. The zero-order chi connectivity index (χ0) is 13.3. The Bertz CT molecular complexity index is 451. The van der Waals surface area contributed by atoms with Gasteiger partial charge in [0.05, 0.1) is 25.2 Å². The van der Waals surface area contributed by atoms with Gasteiger partial charge in [0.15, 0.2) is 0 Å². The molecule has 1 saturated heterocycles. The molecule has 4 heteroatoms. The van der Waals surface area contributed by atoms with Gasteiger partial charge in [0, 0.05) is 6.20 Å². The second-order valence-corrected chi connectivity index (χ2v) is 5.45. The standard InChI is InChI=1S/C14H20N2O2/c1-10(2)14(18)8-16(9-14)13(17)7-12-11(3)5-4-6-15-12/h4-6,10,18H,7-9H2,1-3H3. The number of aryl methyl sites for hydroxylation is 1. The van der Waals surface area contributed by atoms with E-state index in [0.29, 0.717) is 19.5 Å². The number of hydrogen-bond donors (Lipinski definition) is 1. The van der Waals surface area contributed by atoms with E-state index in [1.807, 2.05) is 32.9 Å². The fourth-order valence-electron chi connectivity index (χ4n) is 2.11. The van der Waals surface area contributed by atoms with E-state index in [1.54, 1.807) is 11.1 Å². The normalized spacial score (nSPS) is 17.7. The van der Waals surface area contributed by atoms with Crippen LogP contribution >= 0.6 is 0 Å². The monoisotopic (exact) mass is 248 g/mol. The van der Waals surface area contributed by atoms with Crippen molar-refractivity contribution < 1.29 is 9.90 Å². The second-order valence-electron chi connectivity index (χ2n) is 5.45. The molecular weight excluding hydrogens is 228 g/mol. The van der Waals surface area contributed by atoms with Gasteiger partial charge in [-0.15, -0.1) is 0 Å². The fourth-order valence-corrected chi connectivity index (χ4v) is 2.11. The molecule has 0 unspecified atom stereocenters. The molecule has 1 amide bonds. The van der Waals surface area contributed by atoms with E-state index in [0.717, 1.165) is 11.3 Å². The van der Waals surface area contributed by atoms with Gasteiger partial charge in [0.25, 0.3) is 0 Å². The van der Waals surface area contributed by atoms with Crippen LogP contribution in [-0.2, 0) is 11.2 Å². The zero-order valence-electron chi connectivity index (χ0n) is 11.2. The van der Waals surface area contributed by atoms with E-state index in [4.69, 9.17) is 0 Å². The summed E-state index contributed by atoms with van der Waals surface area (Å²) in [6, 6.07) is 3.82. The number of rotatable bonds is 3. The number of likely N-dealkylation sites (tertiary alicyclic amines) is 1. The van der Waals surface area contributed by atoms with Crippen LogP contribution in [0.15, 0.2) is 18.3 Å². The fraction of sp³-hybridized carbons (Fsp3) is 0.571. The molecule has 1 fully saturated rings. The van der Waals surface area contributed by atoms with E-state index in [-0.39, 0.29) is 11.8 Å². The van der Waals surface area contributed by atoms with Crippen molar-refractivity contribution in [1.82, 2.24) is 9.88 Å². The largest absolute Gasteiger partial charge is 0.386 e. The van der Waals surface area contributed by atoms with Gasteiger partial charge in [-0.25, -0.2) is 0 Å². The number of nitrogens with zero attached hydrogens (tertiary/aromatic N) is 2. The molecule has 1 aliphatic heterocycles. The molecule has 0 radical (unpaired) electrons. The lowest BCUT2D eigenvalue weighted by Gasteiger charge is -2.49. The molecule has 18 heavy (non-hydrogen) atoms. The van der Waals surface area contributed by atoms with Crippen LogP contribution in [0.2, 0.25) is 0 Å². The van der Waals surface area contributed by atoms with Gasteiger partial charge >= 0.3 is 0 Å².